The first-order valence-corrected chi connectivity index (χ1v) is 11.1. The van der Waals surface area contributed by atoms with Crippen molar-refractivity contribution in [3.8, 4) is 23.3 Å². The average molecular weight is 507 g/mol. The van der Waals surface area contributed by atoms with E-state index in [0.717, 1.165) is 11.1 Å². The highest BCUT2D eigenvalue weighted by molar-refractivity contribution is 6.32. The third-order valence-corrected chi connectivity index (χ3v) is 5.40. The Morgan fingerprint density at radius 1 is 1.03 bits per heavy atom. The number of hydrogen-bond donors (Lipinski definition) is 2. The monoisotopic (exact) mass is 506 g/mol. The molecule has 0 saturated carbocycles. The number of nitrogens with zero attached hydrogens (tertiary/aromatic N) is 1. The number of amides is 1. The van der Waals surface area contributed by atoms with E-state index in [1.165, 1.54) is 25.3 Å². The number of nitrogens with one attached hydrogen (secondary N) is 1. The Morgan fingerprint density at radius 2 is 1.69 bits per heavy atom. The lowest BCUT2D eigenvalue weighted by molar-refractivity contribution is -0.117. The number of nitriles is 1. The van der Waals surface area contributed by atoms with Gasteiger partial charge in [0.25, 0.3) is 5.91 Å². The molecule has 0 radical (unpaired) electrons. The number of aromatic carboxylic acids is 1. The molecule has 0 heterocycles. The summed E-state index contributed by atoms with van der Waals surface area (Å²) >= 11 is 6.41. The zero-order valence-electron chi connectivity index (χ0n) is 19.6. The number of benzene rings is 3. The number of halogens is 1. The van der Waals surface area contributed by atoms with Gasteiger partial charge in [0.05, 0.1) is 24.8 Å². The Balaban J connectivity index is 1.72. The number of carbonyl (C=O) groups excluding carboxylic acids is 1. The van der Waals surface area contributed by atoms with E-state index in [1.54, 1.807) is 43.5 Å². The van der Waals surface area contributed by atoms with Gasteiger partial charge in [-0.05, 0) is 59.2 Å². The summed E-state index contributed by atoms with van der Waals surface area (Å²) in [4.78, 5) is 23.6. The largest absolute Gasteiger partial charge is 0.497 e. The van der Waals surface area contributed by atoms with Crippen LogP contribution in [0.1, 0.15) is 27.0 Å². The van der Waals surface area contributed by atoms with E-state index in [2.05, 4.69) is 5.32 Å². The van der Waals surface area contributed by atoms with E-state index >= 15 is 0 Å². The molecule has 0 saturated heterocycles. The SMILES string of the molecule is COc1ccc(CNC(=O)/C(C#N)=C\c2cc(Cl)c(OCc3ccc(C(=O)O)cc3)c(OC)c2)cc1. The van der Waals surface area contributed by atoms with Crippen LogP contribution in [0.25, 0.3) is 6.08 Å². The van der Waals surface area contributed by atoms with Crippen LogP contribution in [0.5, 0.6) is 17.2 Å². The fraction of sp³-hybridized carbons (Fsp3) is 0.148. The van der Waals surface area contributed by atoms with Crippen LogP contribution in [0.3, 0.4) is 0 Å². The van der Waals surface area contributed by atoms with Gasteiger partial charge in [0.1, 0.15) is 24.0 Å². The fourth-order valence-electron chi connectivity index (χ4n) is 3.20. The van der Waals surface area contributed by atoms with E-state index in [-0.39, 0.29) is 35.1 Å². The van der Waals surface area contributed by atoms with Crippen molar-refractivity contribution in [3.63, 3.8) is 0 Å². The molecule has 184 valence electrons. The number of methoxy groups -OCH3 is 2. The highest BCUT2D eigenvalue weighted by Crippen LogP contribution is 2.37. The third kappa shape index (κ3) is 6.78. The third-order valence-electron chi connectivity index (χ3n) is 5.12. The van der Waals surface area contributed by atoms with E-state index in [0.29, 0.717) is 17.1 Å². The van der Waals surface area contributed by atoms with Gasteiger partial charge >= 0.3 is 5.97 Å². The molecule has 3 rings (SSSR count). The van der Waals surface area contributed by atoms with Crippen LogP contribution in [0.2, 0.25) is 5.02 Å². The molecule has 9 heteroatoms. The molecule has 0 bridgehead atoms. The van der Waals surface area contributed by atoms with Crippen molar-refractivity contribution in [1.29, 1.82) is 5.26 Å². The molecular formula is C27H23ClN2O6. The van der Waals surface area contributed by atoms with Gasteiger partial charge in [-0.1, -0.05) is 35.9 Å². The molecule has 0 unspecified atom stereocenters. The van der Waals surface area contributed by atoms with Crippen LogP contribution < -0.4 is 19.5 Å². The van der Waals surface area contributed by atoms with Gasteiger partial charge in [-0.25, -0.2) is 4.79 Å². The molecule has 0 aromatic heterocycles. The Kier molecular flexibility index (Phi) is 8.92. The van der Waals surface area contributed by atoms with Crippen molar-refractivity contribution in [2.75, 3.05) is 14.2 Å². The topological polar surface area (TPSA) is 118 Å². The zero-order chi connectivity index (χ0) is 26.1. The molecule has 0 atom stereocenters. The Hall–Kier alpha value is -4.48. The summed E-state index contributed by atoms with van der Waals surface area (Å²) in [5, 5.41) is 21.5. The summed E-state index contributed by atoms with van der Waals surface area (Å²) in [7, 11) is 3.02. The van der Waals surface area contributed by atoms with Gasteiger partial charge in [0.15, 0.2) is 11.5 Å². The van der Waals surface area contributed by atoms with Crippen LogP contribution >= 0.6 is 11.6 Å². The second-order valence-electron chi connectivity index (χ2n) is 7.53. The summed E-state index contributed by atoms with van der Waals surface area (Å²) in [6, 6.07) is 18.5. The highest BCUT2D eigenvalue weighted by atomic mass is 35.5. The molecular weight excluding hydrogens is 484 g/mol. The van der Waals surface area contributed by atoms with Crippen molar-refractivity contribution in [2.24, 2.45) is 0 Å². The van der Waals surface area contributed by atoms with Crippen LogP contribution in [-0.4, -0.2) is 31.2 Å². The average Bonchev–Trinajstić information content (AvgIpc) is 2.89. The molecule has 0 aliphatic rings. The minimum Gasteiger partial charge on any atom is -0.497 e. The van der Waals surface area contributed by atoms with Crippen LogP contribution in [-0.2, 0) is 17.9 Å². The molecule has 8 nitrogen and oxygen atoms in total. The number of carboxylic acids is 1. The van der Waals surface area contributed by atoms with E-state index < -0.39 is 11.9 Å². The Labute approximate surface area is 213 Å². The molecule has 0 fully saturated rings. The van der Waals surface area contributed by atoms with E-state index in [9.17, 15) is 14.9 Å². The molecule has 0 aliphatic carbocycles. The lowest BCUT2D eigenvalue weighted by Gasteiger charge is -2.14. The normalized spacial score (nSPS) is 10.8. The molecule has 3 aromatic rings. The lowest BCUT2D eigenvalue weighted by atomic mass is 10.1. The summed E-state index contributed by atoms with van der Waals surface area (Å²) in [6.45, 7) is 0.370. The van der Waals surface area contributed by atoms with Crippen molar-refractivity contribution < 1.29 is 28.9 Å². The van der Waals surface area contributed by atoms with Gasteiger partial charge in [0, 0.05) is 6.54 Å². The zero-order valence-corrected chi connectivity index (χ0v) is 20.3. The Bertz CT molecular complexity index is 1310. The van der Waals surface area contributed by atoms with Crippen molar-refractivity contribution >= 4 is 29.6 Å². The summed E-state index contributed by atoms with van der Waals surface area (Å²) in [6.07, 6.45) is 1.41. The molecule has 3 aromatic carbocycles. The predicted octanol–water partition coefficient (Wildman–Crippen LogP) is 4.86. The second kappa shape index (κ2) is 12.3. The molecule has 1 amide bonds. The van der Waals surface area contributed by atoms with E-state index in [4.69, 9.17) is 30.9 Å². The standard InChI is InChI=1S/C27H23ClN2O6/c1-34-22-9-5-17(6-10-22)15-30-26(31)21(14-29)11-19-12-23(28)25(24(13-19)35-2)36-16-18-3-7-20(8-4-18)27(32)33/h3-13H,15-16H2,1-2H3,(H,30,31)(H,32,33)/b21-11-. The number of carboxylic acid groups (broad SMARTS) is 1. The highest BCUT2D eigenvalue weighted by Gasteiger charge is 2.15. The van der Waals surface area contributed by atoms with Crippen LogP contribution in [0.4, 0.5) is 0 Å². The second-order valence-corrected chi connectivity index (χ2v) is 7.93. The minimum atomic E-state index is -1.01. The van der Waals surface area contributed by atoms with Gasteiger partial charge < -0.3 is 24.6 Å². The minimum absolute atomic E-state index is 0.103. The smallest absolute Gasteiger partial charge is 0.335 e. The summed E-state index contributed by atoms with van der Waals surface area (Å²) < 4.78 is 16.3. The Morgan fingerprint density at radius 3 is 2.28 bits per heavy atom. The molecule has 0 aliphatic heterocycles. The lowest BCUT2D eigenvalue weighted by Crippen LogP contribution is -2.23. The number of rotatable bonds is 10. The number of hydrogen-bond acceptors (Lipinski definition) is 6. The maximum Gasteiger partial charge on any atom is 0.335 e. The van der Waals surface area contributed by atoms with Gasteiger partial charge in [0.2, 0.25) is 0 Å². The molecule has 2 N–H and O–H groups in total. The van der Waals surface area contributed by atoms with Crippen LogP contribution in [0.15, 0.2) is 66.2 Å². The summed E-state index contributed by atoms with van der Waals surface area (Å²) in [5.41, 5.74) is 2.14. The number of ether oxygens (including phenoxy) is 3. The van der Waals surface area contributed by atoms with Gasteiger partial charge in [-0.3, -0.25) is 4.79 Å². The predicted molar refractivity (Wildman–Crippen MR) is 134 cm³/mol. The van der Waals surface area contributed by atoms with Crippen LogP contribution in [0, 0.1) is 11.3 Å². The first kappa shape index (κ1) is 26.1. The quantitative estimate of drug-likeness (QED) is 0.298. The first-order chi connectivity index (χ1) is 17.3. The maximum atomic E-state index is 12.6. The van der Waals surface area contributed by atoms with Crippen molar-refractivity contribution in [3.05, 3.63) is 93.5 Å². The fourth-order valence-corrected chi connectivity index (χ4v) is 3.47. The van der Waals surface area contributed by atoms with Gasteiger partial charge in [-0.15, -0.1) is 0 Å². The van der Waals surface area contributed by atoms with Crippen molar-refractivity contribution in [1.82, 2.24) is 5.32 Å². The number of carbonyl (C=O) groups is 2. The summed E-state index contributed by atoms with van der Waals surface area (Å²) in [5.74, 6) is -0.250. The van der Waals surface area contributed by atoms with E-state index in [1.807, 2.05) is 18.2 Å². The molecule has 0 spiro atoms. The first-order valence-electron chi connectivity index (χ1n) is 10.7. The maximum absolute atomic E-state index is 12.6. The molecule has 36 heavy (non-hydrogen) atoms. The van der Waals surface area contributed by atoms with Crippen molar-refractivity contribution in [2.45, 2.75) is 13.2 Å². The van der Waals surface area contributed by atoms with Gasteiger partial charge in [-0.2, -0.15) is 5.26 Å².